The quantitative estimate of drug-likeness (QED) is 0.779. The number of hydrogen-bond donors (Lipinski definition) is 1. The third-order valence-corrected chi connectivity index (χ3v) is 0.744. The molecule has 0 bridgehead atoms. The van der Waals surface area contributed by atoms with Crippen molar-refractivity contribution in [1.29, 1.82) is 0 Å². The van der Waals surface area contributed by atoms with Crippen LogP contribution in [0.2, 0.25) is 0 Å². The van der Waals surface area contributed by atoms with Crippen LogP contribution in [0.4, 0.5) is 0 Å². The maximum absolute atomic E-state index is 9.76. The number of rotatable bonds is 3. The fraction of sp³-hybridized carbons (Fsp3) is 0.800. The van der Waals surface area contributed by atoms with Gasteiger partial charge >= 0.3 is 33.5 Å². The molecule has 0 aromatic rings. The second-order valence-electron chi connectivity index (χ2n) is 1.50. The van der Waals surface area contributed by atoms with Crippen LogP contribution in [-0.4, -0.2) is 35.8 Å². The molecule has 0 atom stereocenters. The molecule has 0 aliphatic rings. The molecule has 0 fully saturated rings. The van der Waals surface area contributed by atoms with Crippen molar-refractivity contribution in [3.8, 4) is 0 Å². The third-order valence-electron chi connectivity index (χ3n) is 0.744. The number of carboxylic acid groups (broad SMARTS) is 1. The Labute approximate surface area is 69.7 Å². The zero-order valence-electron chi connectivity index (χ0n) is 5.33. The van der Waals surface area contributed by atoms with E-state index < -0.39 is 5.97 Å². The first-order valence-corrected chi connectivity index (χ1v) is 4.09. The van der Waals surface area contributed by atoms with E-state index in [9.17, 15) is 4.79 Å². The molecule has 1 N–H and O–H groups in total. The Morgan fingerprint density at radius 3 is 2.11 bits per heavy atom. The molecule has 1 radical (unpaired) electrons. The van der Waals surface area contributed by atoms with E-state index in [0.29, 0.717) is 6.42 Å². The molecular formula is C5H10BiO3. The summed E-state index contributed by atoms with van der Waals surface area (Å²) >= 11 is 0.194. The van der Waals surface area contributed by atoms with Crippen molar-refractivity contribution in [3.63, 3.8) is 0 Å². The second kappa shape index (κ2) is 11.0. The zero-order chi connectivity index (χ0) is 7.70. The fourth-order valence-electron chi connectivity index (χ4n) is 0.328. The molecule has 53 valence electrons. The minimum atomic E-state index is -0.693. The van der Waals surface area contributed by atoms with E-state index in [1.54, 1.807) is 0 Å². The molecule has 0 aliphatic carbocycles. The monoisotopic (exact) mass is 327 g/mol. The van der Waals surface area contributed by atoms with Crippen LogP contribution in [0.25, 0.3) is 0 Å². The Kier molecular flexibility index (Phi) is 14.6. The molecule has 0 aliphatic heterocycles. The average Bonchev–Trinajstić information content (AvgIpc) is 1.88. The van der Waals surface area contributed by atoms with Crippen LogP contribution >= 0.6 is 0 Å². The molecule has 0 heterocycles. The molecule has 0 aromatic heterocycles. The maximum atomic E-state index is 9.76. The van der Waals surface area contributed by atoms with Crippen LogP contribution in [0.3, 0.4) is 0 Å². The van der Waals surface area contributed by atoms with Gasteiger partial charge in [-0.05, 0) is 6.42 Å². The summed E-state index contributed by atoms with van der Waals surface area (Å²) in [5, 5.41) is 8.04. The Hall–Kier alpha value is 0.153. The van der Waals surface area contributed by atoms with Crippen molar-refractivity contribution in [2.75, 3.05) is 0 Å². The Bertz CT molecular complexity index is 74.6. The topological polar surface area (TPSA) is 54.4 Å². The minimum absolute atomic E-state index is 0.194. The van der Waals surface area contributed by atoms with Crippen molar-refractivity contribution in [3.05, 3.63) is 0 Å². The van der Waals surface area contributed by atoms with Gasteiger partial charge in [0.2, 0.25) is 0 Å². The summed E-state index contributed by atoms with van der Waals surface area (Å²) in [7, 11) is 0. The molecule has 0 unspecified atom stereocenters. The van der Waals surface area contributed by atoms with Gasteiger partial charge in [0.05, 0.1) is 0 Å². The van der Waals surface area contributed by atoms with Crippen LogP contribution in [0.1, 0.15) is 26.2 Å². The molecule has 0 aromatic carbocycles. The number of carboxylic acids is 1. The van der Waals surface area contributed by atoms with Crippen molar-refractivity contribution in [2.45, 2.75) is 26.2 Å². The van der Waals surface area contributed by atoms with Gasteiger partial charge in [-0.3, -0.25) is 4.79 Å². The molecule has 0 amide bonds. The van der Waals surface area contributed by atoms with Gasteiger partial charge in [-0.1, -0.05) is 13.3 Å². The van der Waals surface area contributed by atoms with E-state index in [-0.39, 0.29) is 24.7 Å². The van der Waals surface area contributed by atoms with E-state index >= 15 is 0 Å². The summed E-state index contributed by atoms with van der Waals surface area (Å²) in [5.41, 5.74) is 0. The molecule has 0 saturated carbocycles. The Morgan fingerprint density at radius 2 is 2.00 bits per heavy atom. The van der Waals surface area contributed by atoms with Gasteiger partial charge in [0.15, 0.2) is 0 Å². The first-order valence-electron chi connectivity index (χ1n) is 2.67. The van der Waals surface area contributed by atoms with E-state index in [1.807, 2.05) is 6.92 Å². The molecule has 0 rings (SSSR count). The summed E-state index contributed by atoms with van der Waals surface area (Å²) in [6.45, 7) is 1.98. The van der Waals surface area contributed by atoms with Crippen molar-refractivity contribution < 1.29 is 12.7 Å². The first kappa shape index (κ1) is 11.9. The number of carbonyl (C=O) groups is 1. The van der Waals surface area contributed by atoms with Gasteiger partial charge < -0.3 is 5.11 Å². The Balaban J connectivity index is 0. The Morgan fingerprint density at radius 1 is 1.56 bits per heavy atom. The van der Waals surface area contributed by atoms with Crippen LogP contribution in [0, 0.1) is 0 Å². The van der Waals surface area contributed by atoms with Gasteiger partial charge in [0.25, 0.3) is 0 Å². The second-order valence-corrected chi connectivity index (χ2v) is 1.50. The third kappa shape index (κ3) is 17.9. The summed E-state index contributed by atoms with van der Waals surface area (Å²) in [6, 6.07) is 0. The number of hydrogen-bond acceptors (Lipinski definition) is 2. The number of aliphatic carboxylic acids is 1. The SMILES string of the molecule is CCCCC(=O)O.[O]=[Bi]. The van der Waals surface area contributed by atoms with Crippen molar-refractivity contribution in [2.24, 2.45) is 0 Å². The molecule has 0 saturated heterocycles. The van der Waals surface area contributed by atoms with Gasteiger partial charge in [0.1, 0.15) is 0 Å². The van der Waals surface area contributed by atoms with Crippen LogP contribution < -0.4 is 0 Å². The van der Waals surface area contributed by atoms with Gasteiger partial charge in [-0.25, -0.2) is 0 Å². The van der Waals surface area contributed by atoms with E-state index in [2.05, 4.69) is 0 Å². The zero-order valence-corrected chi connectivity index (χ0v) is 8.81. The molecule has 3 nitrogen and oxygen atoms in total. The van der Waals surface area contributed by atoms with Crippen LogP contribution in [0.5, 0.6) is 0 Å². The van der Waals surface area contributed by atoms with E-state index in [0.717, 1.165) is 12.8 Å². The van der Waals surface area contributed by atoms with E-state index in [1.165, 1.54) is 0 Å². The van der Waals surface area contributed by atoms with Crippen molar-refractivity contribution in [1.82, 2.24) is 0 Å². The number of unbranched alkanes of at least 4 members (excludes halogenated alkanes) is 1. The van der Waals surface area contributed by atoms with Gasteiger partial charge in [-0.2, -0.15) is 0 Å². The summed E-state index contributed by atoms with van der Waals surface area (Å²) in [6.07, 6.45) is 2.08. The molecular weight excluding hydrogens is 317 g/mol. The predicted molar refractivity (Wildman–Crippen MR) is 33.6 cm³/mol. The van der Waals surface area contributed by atoms with E-state index in [4.69, 9.17) is 7.92 Å². The predicted octanol–water partition coefficient (Wildman–Crippen LogP) is 0.762. The average molecular weight is 327 g/mol. The van der Waals surface area contributed by atoms with Gasteiger partial charge in [0, 0.05) is 6.42 Å². The fourth-order valence-corrected chi connectivity index (χ4v) is 0.328. The summed E-state index contributed by atoms with van der Waals surface area (Å²) in [4.78, 5) is 9.76. The molecule has 4 heteroatoms. The van der Waals surface area contributed by atoms with Gasteiger partial charge in [-0.15, -0.1) is 0 Å². The normalized spacial score (nSPS) is 7.22. The molecule has 9 heavy (non-hydrogen) atoms. The molecule has 0 spiro atoms. The van der Waals surface area contributed by atoms with Crippen LogP contribution in [0.15, 0.2) is 0 Å². The van der Waals surface area contributed by atoms with Crippen molar-refractivity contribution >= 4 is 30.7 Å². The standard InChI is InChI=1S/C5H10O2.Bi.O/c1-2-3-4-5(6)7;;/h2-4H2,1H3,(H,6,7);;. The van der Waals surface area contributed by atoms with Crippen LogP contribution in [-0.2, 0) is 7.61 Å². The summed E-state index contributed by atoms with van der Waals surface area (Å²) in [5.74, 6) is -0.693. The first-order chi connectivity index (χ1) is 4.27. The summed E-state index contributed by atoms with van der Waals surface area (Å²) < 4.78 is 8.36.